The Kier molecular flexibility index (Phi) is 4.74. The number of amides is 2. The minimum Gasteiger partial charge on any atom is -0.399 e. The van der Waals surface area contributed by atoms with Gasteiger partial charge in [0, 0.05) is 31.7 Å². The Labute approximate surface area is 122 Å². The first-order valence-electron chi connectivity index (χ1n) is 6.78. The van der Waals surface area contributed by atoms with Crippen LogP contribution in [0.1, 0.15) is 13.3 Å². The molecule has 0 aliphatic carbocycles. The number of carbonyl (C=O) groups is 2. The molecule has 0 radical (unpaired) electrons. The number of anilines is 2. The molecule has 7 heteroatoms. The van der Waals surface area contributed by atoms with Crippen molar-refractivity contribution in [3.05, 3.63) is 24.0 Å². The number of carbonyl (C=O) groups excluding carboxylic acids is 2. The lowest BCUT2D eigenvalue weighted by atomic mass is 10.2. The highest BCUT2D eigenvalue weighted by molar-refractivity contribution is 5.92. The molecule has 4 N–H and O–H groups in total. The molecule has 1 aliphatic heterocycles. The van der Waals surface area contributed by atoms with Crippen LogP contribution in [0.2, 0.25) is 0 Å². The lowest BCUT2D eigenvalue weighted by Crippen LogP contribution is -2.37. The van der Waals surface area contributed by atoms with Crippen LogP contribution in [0.25, 0.3) is 0 Å². The third kappa shape index (κ3) is 4.42. The fourth-order valence-electron chi connectivity index (χ4n) is 2.41. The van der Waals surface area contributed by atoms with Crippen LogP contribution in [-0.4, -0.2) is 42.4 Å². The predicted molar refractivity (Wildman–Crippen MR) is 78.1 cm³/mol. The van der Waals surface area contributed by atoms with Crippen LogP contribution in [0.4, 0.5) is 15.8 Å². The molecule has 1 aromatic rings. The van der Waals surface area contributed by atoms with Gasteiger partial charge in [0.2, 0.25) is 11.8 Å². The summed E-state index contributed by atoms with van der Waals surface area (Å²) in [5, 5.41) is 5.33. The molecule has 2 rings (SSSR count). The molecule has 1 unspecified atom stereocenters. The van der Waals surface area contributed by atoms with Crippen molar-refractivity contribution >= 4 is 23.2 Å². The van der Waals surface area contributed by atoms with Crippen LogP contribution in [0.5, 0.6) is 0 Å². The number of hydrogen-bond acceptors (Lipinski definition) is 4. The summed E-state index contributed by atoms with van der Waals surface area (Å²) in [6.45, 7) is 2.96. The Hall–Kier alpha value is -2.15. The Morgan fingerprint density at radius 3 is 2.95 bits per heavy atom. The van der Waals surface area contributed by atoms with E-state index in [1.54, 1.807) is 0 Å². The van der Waals surface area contributed by atoms with Crippen LogP contribution in [0, 0.1) is 5.82 Å². The first-order valence-corrected chi connectivity index (χ1v) is 6.78. The molecule has 2 amide bonds. The van der Waals surface area contributed by atoms with Crippen molar-refractivity contribution in [3.63, 3.8) is 0 Å². The van der Waals surface area contributed by atoms with E-state index in [4.69, 9.17) is 5.73 Å². The number of nitrogens with one attached hydrogen (secondary N) is 2. The molecule has 1 aromatic carbocycles. The van der Waals surface area contributed by atoms with Crippen molar-refractivity contribution in [1.82, 2.24) is 10.2 Å². The number of halogens is 1. The fraction of sp³-hybridized carbons (Fsp3) is 0.429. The smallest absolute Gasteiger partial charge is 0.238 e. The lowest BCUT2D eigenvalue weighted by molar-refractivity contribution is -0.119. The molecule has 0 aromatic heterocycles. The topological polar surface area (TPSA) is 87.5 Å². The first kappa shape index (κ1) is 15.2. The third-order valence-corrected chi connectivity index (χ3v) is 3.31. The van der Waals surface area contributed by atoms with E-state index in [0.717, 1.165) is 13.0 Å². The molecular formula is C14H19FN4O2. The molecule has 6 nitrogen and oxygen atoms in total. The van der Waals surface area contributed by atoms with E-state index >= 15 is 0 Å². The van der Waals surface area contributed by atoms with Crippen LogP contribution < -0.4 is 16.4 Å². The molecular weight excluding hydrogens is 275 g/mol. The van der Waals surface area contributed by atoms with Crippen LogP contribution in [0.15, 0.2) is 18.2 Å². The molecule has 1 saturated heterocycles. The highest BCUT2D eigenvalue weighted by Crippen LogP contribution is 2.17. The third-order valence-electron chi connectivity index (χ3n) is 3.31. The molecule has 114 valence electrons. The van der Waals surface area contributed by atoms with Crippen molar-refractivity contribution < 1.29 is 14.0 Å². The monoisotopic (exact) mass is 294 g/mol. The Morgan fingerprint density at radius 2 is 2.24 bits per heavy atom. The van der Waals surface area contributed by atoms with Crippen molar-refractivity contribution in [1.29, 1.82) is 0 Å². The zero-order valence-electron chi connectivity index (χ0n) is 11.9. The molecule has 1 fully saturated rings. The van der Waals surface area contributed by atoms with E-state index in [-0.39, 0.29) is 30.1 Å². The molecule has 21 heavy (non-hydrogen) atoms. The summed E-state index contributed by atoms with van der Waals surface area (Å²) >= 11 is 0. The summed E-state index contributed by atoms with van der Waals surface area (Å²) in [5.41, 5.74) is 6.03. The number of benzene rings is 1. The van der Waals surface area contributed by atoms with E-state index in [1.807, 2.05) is 4.90 Å². The van der Waals surface area contributed by atoms with Gasteiger partial charge in [-0.2, -0.15) is 0 Å². The second-order valence-electron chi connectivity index (χ2n) is 5.21. The molecule has 1 heterocycles. The molecule has 0 saturated carbocycles. The summed E-state index contributed by atoms with van der Waals surface area (Å²) < 4.78 is 13.5. The van der Waals surface area contributed by atoms with Gasteiger partial charge in [0.1, 0.15) is 5.82 Å². The normalized spacial score (nSPS) is 18.5. The molecule has 0 spiro atoms. The van der Waals surface area contributed by atoms with E-state index in [1.165, 1.54) is 25.1 Å². The first-order chi connectivity index (χ1) is 9.94. The van der Waals surface area contributed by atoms with Gasteiger partial charge < -0.3 is 16.4 Å². The van der Waals surface area contributed by atoms with Gasteiger partial charge in [0.15, 0.2) is 0 Å². The lowest BCUT2D eigenvalue weighted by Gasteiger charge is -2.16. The predicted octanol–water partition coefficient (Wildman–Crippen LogP) is 0.557. The van der Waals surface area contributed by atoms with Gasteiger partial charge in [-0.05, 0) is 24.6 Å². The summed E-state index contributed by atoms with van der Waals surface area (Å²) in [5.74, 6) is -0.897. The minimum absolute atomic E-state index is 0.0689. The van der Waals surface area contributed by atoms with Gasteiger partial charge in [-0.3, -0.25) is 14.5 Å². The van der Waals surface area contributed by atoms with Crippen molar-refractivity contribution in [2.24, 2.45) is 0 Å². The van der Waals surface area contributed by atoms with Crippen LogP contribution >= 0.6 is 0 Å². The Balaban J connectivity index is 1.85. The minimum atomic E-state index is -0.518. The van der Waals surface area contributed by atoms with Gasteiger partial charge in [0.25, 0.3) is 0 Å². The second kappa shape index (κ2) is 6.53. The van der Waals surface area contributed by atoms with E-state index in [9.17, 15) is 14.0 Å². The van der Waals surface area contributed by atoms with Gasteiger partial charge >= 0.3 is 0 Å². The molecule has 1 atom stereocenters. The van der Waals surface area contributed by atoms with E-state index in [0.29, 0.717) is 12.2 Å². The van der Waals surface area contributed by atoms with Crippen molar-refractivity contribution in [2.75, 3.05) is 30.7 Å². The number of rotatable bonds is 4. The van der Waals surface area contributed by atoms with Crippen LogP contribution in [-0.2, 0) is 9.59 Å². The van der Waals surface area contributed by atoms with Gasteiger partial charge in [0.05, 0.1) is 12.2 Å². The largest absolute Gasteiger partial charge is 0.399 e. The summed E-state index contributed by atoms with van der Waals surface area (Å²) in [4.78, 5) is 24.8. The number of nitrogen functional groups attached to an aromatic ring is 1. The average Bonchev–Trinajstić information content (AvgIpc) is 2.80. The summed E-state index contributed by atoms with van der Waals surface area (Å²) in [7, 11) is 0. The summed E-state index contributed by atoms with van der Waals surface area (Å²) in [6.07, 6.45) is 0.805. The standard InChI is InChI=1S/C14H19FN4O2/c1-9(20)17-11-4-5-19(7-11)8-14(21)18-13-6-10(16)2-3-12(13)15/h2-3,6,11H,4-5,7-8,16H2,1H3,(H,17,20)(H,18,21). The van der Waals surface area contributed by atoms with E-state index in [2.05, 4.69) is 10.6 Å². The summed E-state index contributed by atoms with van der Waals surface area (Å²) in [6, 6.07) is 4.11. The zero-order chi connectivity index (χ0) is 15.4. The fourth-order valence-corrected chi connectivity index (χ4v) is 2.41. The number of hydrogen-bond donors (Lipinski definition) is 3. The van der Waals surface area contributed by atoms with Gasteiger partial charge in [-0.25, -0.2) is 4.39 Å². The second-order valence-corrected chi connectivity index (χ2v) is 5.21. The highest BCUT2D eigenvalue weighted by Gasteiger charge is 2.24. The quantitative estimate of drug-likeness (QED) is 0.708. The van der Waals surface area contributed by atoms with E-state index < -0.39 is 5.82 Å². The number of nitrogens with two attached hydrogens (primary N) is 1. The SMILES string of the molecule is CC(=O)NC1CCN(CC(=O)Nc2cc(N)ccc2F)C1. The number of nitrogens with zero attached hydrogens (tertiary/aromatic N) is 1. The maximum absolute atomic E-state index is 13.5. The van der Waals surface area contributed by atoms with Gasteiger partial charge in [-0.1, -0.05) is 0 Å². The van der Waals surface area contributed by atoms with Crippen molar-refractivity contribution in [3.8, 4) is 0 Å². The average molecular weight is 294 g/mol. The number of likely N-dealkylation sites (tertiary alicyclic amines) is 1. The zero-order valence-corrected chi connectivity index (χ0v) is 11.9. The van der Waals surface area contributed by atoms with Crippen molar-refractivity contribution in [2.45, 2.75) is 19.4 Å². The van der Waals surface area contributed by atoms with Crippen LogP contribution in [0.3, 0.4) is 0 Å². The Morgan fingerprint density at radius 1 is 1.48 bits per heavy atom. The molecule has 1 aliphatic rings. The molecule has 0 bridgehead atoms. The maximum Gasteiger partial charge on any atom is 0.238 e. The maximum atomic E-state index is 13.5. The highest BCUT2D eigenvalue weighted by atomic mass is 19.1. The Bertz CT molecular complexity index is 550. The van der Waals surface area contributed by atoms with Gasteiger partial charge in [-0.15, -0.1) is 0 Å².